The highest BCUT2D eigenvalue weighted by Gasteiger charge is 2.28. The summed E-state index contributed by atoms with van der Waals surface area (Å²) in [5, 5.41) is 3.08. The average molecular weight is 395 g/mol. The summed E-state index contributed by atoms with van der Waals surface area (Å²) in [6.45, 7) is 0. The van der Waals surface area contributed by atoms with Gasteiger partial charge in [0.15, 0.2) is 0 Å². The van der Waals surface area contributed by atoms with Gasteiger partial charge in [0, 0.05) is 18.5 Å². The Morgan fingerprint density at radius 3 is 2.33 bits per heavy atom. The molecule has 0 bridgehead atoms. The van der Waals surface area contributed by atoms with E-state index in [1.165, 1.54) is 12.1 Å². The fourth-order valence-corrected chi connectivity index (χ4v) is 3.91. The maximum Gasteiger partial charge on any atom is 0.244 e. The molecule has 0 saturated carbocycles. The van der Waals surface area contributed by atoms with E-state index >= 15 is 0 Å². The quantitative estimate of drug-likeness (QED) is 0.499. The highest BCUT2D eigenvalue weighted by Crippen LogP contribution is 2.42. The minimum absolute atomic E-state index is 0.199. The van der Waals surface area contributed by atoms with E-state index < -0.39 is 0 Å². The van der Waals surface area contributed by atoms with Crippen LogP contribution >= 0.6 is 0 Å². The van der Waals surface area contributed by atoms with Crippen LogP contribution in [0.2, 0.25) is 0 Å². The van der Waals surface area contributed by atoms with E-state index in [9.17, 15) is 9.18 Å². The zero-order valence-corrected chi connectivity index (χ0v) is 16.0. The molecule has 30 heavy (non-hydrogen) atoms. The van der Waals surface area contributed by atoms with E-state index in [1.54, 1.807) is 41.5 Å². The molecule has 0 spiro atoms. The molecule has 5 rings (SSSR count). The van der Waals surface area contributed by atoms with Gasteiger partial charge in [-0.3, -0.25) is 4.79 Å². The van der Waals surface area contributed by atoms with Crippen LogP contribution in [-0.2, 0) is 4.79 Å². The number of nitrogens with zero attached hydrogens (tertiary/aromatic N) is 2. The predicted octanol–water partition coefficient (Wildman–Crippen LogP) is 4.91. The molecule has 4 aromatic rings. The lowest BCUT2D eigenvalue weighted by molar-refractivity contribution is -0.116. The van der Waals surface area contributed by atoms with E-state index in [-0.39, 0.29) is 17.8 Å². The molecule has 0 atom stereocenters. The van der Waals surface area contributed by atoms with Gasteiger partial charge in [-0.1, -0.05) is 54.6 Å². The van der Waals surface area contributed by atoms with Crippen LogP contribution in [0.15, 0.2) is 91.5 Å². The second-order valence-corrected chi connectivity index (χ2v) is 7.13. The Morgan fingerprint density at radius 1 is 1.00 bits per heavy atom. The van der Waals surface area contributed by atoms with Crippen molar-refractivity contribution in [1.29, 1.82) is 0 Å². The molecule has 5 heteroatoms. The normalized spacial score (nSPS) is 12.7. The summed E-state index contributed by atoms with van der Waals surface area (Å²) < 4.78 is 16.0. The number of carbonyl (C=O) groups is 1. The van der Waals surface area contributed by atoms with Crippen LogP contribution in [0.5, 0.6) is 0 Å². The zero-order valence-electron chi connectivity index (χ0n) is 16.0. The lowest BCUT2D eigenvalue weighted by Gasteiger charge is -2.14. The van der Waals surface area contributed by atoms with Gasteiger partial charge < -0.3 is 9.88 Å². The highest BCUT2D eigenvalue weighted by atomic mass is 19.1. The summed E-state index contributed by atoms with van der Waals surface area (Å²) in [6, 6.07) is 20.8. The largest absolute Gasteiger partial charge is 0.342 e. The van der Waals surface area contributed by atoms with Crippen LogP contribution in [-0.4, -0.2) is 15.5 Å². The maximum atomic E-state index is 14.4. The second kappa shape index (κ2) is 7.44. The number of carbonyl (C=O) groups excluding carboxylic acids is 1. The Labute approximate surface area is 173 Å². The average Bonchev–Trinajstić information content (AvgIpc) is 3.40. The van der Waals surface area contributed by atoms with Crippen molar-refractivity contribution in [3.63, 3.8) is 0 Å². The van der Waals surface area contributed by atoms with Crippen LogP contribution in [0.25, 0.3) is 22.9 Å². The minimum atomic E-state index is -0.380. The van der Waals surface area contributed by atoms with Crippen LogP contribution in [0, 0.1) is 5.82 Å². The monoisotopic (exact) mass is 395 g/mol. The number of imidazole rings is 1. The van der Waals surface area contributed by atoms with Gasteiger partial charge in [-0.05, 0) is 46.0 Å². The number of amides is 1. The molecule has 0 aliphatic heterocycles. The van der Waals surface area contributed by atoms with Crippen LogP contribution in [0.4, 0.5) is 4.39 Å². The van der Waals surface area contributed by atoms with Crippen molar-refractivity contribution in [2.24, 2.45) is 0 Å². The Balaban J connectivity index is 1.36. The summed E-state index contributed by atoms with van der Waals surface area (Å²) in [4.78, 5) is 16.6. The van der Waals surface area contributed by atoms with Gasteiger partial charge >= 0.3 is 0 Å². The van der Waals surface area contributed by atoms with Crippen molar-refractivity contribution >= 4 is 12.0 Å². The van der Waals surface area contributed by atoms with Gasteiger partial charge in [0.2, 0.25) is 5.91 Å². The van der Waals surface area contributed by atoms with E-state index in [2.05, 4.69) is 22.4 Å². The third kappa shape index (κ3) is 3.20. The van der Waals surface area contributed by atoms with E-state index in [0.29, 0.717) is 11.3 Å². The summed E-state index contributed by atoms with van der Waals surface area (Å²) in [5.41, 5.74) is 5.46. The lowest BCUT2D eigenvalue weighted by atomic mass is 10.1. The first-order chi connectivity index (χ1) is 14.7. The van der Waals surface area contributed by atoms with Gasteiger partial charge in [-0.2, -0.15) is 0 Å². The third-order valence-electron chi connectivity index (χ3n) is 5.30. The van der Waals surface area contributed by atoms with Crippen molar-refractivity contribution in [3.8, 4) is 16.8 Å². The number of rotatable bonds is 4. The molecular formula is C25H18FN3O. The van der Waals surface area contributed by atoms with Crippen molar-refractivity contribution in [3.05, 3.63) is 114 Å². The van der Waals surface area contributed by atoms with Gasteiger partial charge in [-0.25, -0.2) is 9.37 Å². The first kappa shape index (κ1) is 18.1. The smallest absolute Gasteiger partial charge is 0.244 e. The fraction of sp³-hybridized carbons (Fsp3) is 0.0400. The van der Waals surface area contributed by atoms with Crippen molar-refractivity contribution in [1.82, 2.24) is 14.9 Å². The highest BCUT2D eigenvalue weighted by molar-refractivity contribution is 5.93. The van der Waals surface area contributed by atoms with Crippen molar-refractivity contribution in [2.45, 2.75) is 6.04 Å². The summed E-state index contributed by atoms with van der Waals surface area (Å²) in [5.74, 6) is -0.611. The van der Waals surface area contributed by atoms with Gasteiger partial charge in [0.1, 0.15) is 5.82 Å². The van der Waals surface area contributed by atoms with Gasteiger partial charge in [0.25, 0.3) is 0 Å². The standard InChI is InChI=1S/C25H18FN3O/c26-22-15-17(9-11-23(22)29-14-13-27-16-29)10-12-24(30)28-25-20-7-3-1-5-18(20)19-6-2-4-8-21(19)25/h1-16,25H,(H,28,30)/b12-10+. The molecule has 1 amide bonds. The SMILES string of the molecule is O=C(/C=C/c1ccc(-n2ccnc2)c(F)c1)NC1c2ccccc2-c2ccccc21. The fourth-order valence-electron chi connectivity index (χ4n) is 3.91. The Kier molecular flexibility index (Phi) is 4.48. The molecule has 1 aliphatic rings. The summed E-state index contributed by atoms with van der Waals surface area (Å²) >= 11 is 0. The molecule has 4 nitrogen and oxygen atoms in total. The van der Waals surface area contributed by atoms with Crippen LogP contribution in [0.3, 0.4) is 0 Å². The van der Waals surface area contributed by atoms with Gasteiger partial charge in [0.05, 0.1) is 18.1 Å². The molecule has 146 valence electrons. The molecule has 0 saturated heterocycles. The molecule has 1 aliphatic carbocycles. The lowest BCUT2D eigenvalue weighted by Crippen LogP contribution is -2.26. The van der Waals surface area contributed by atoms with Crippen molar-refractivity contribution in [2.75, 3.05) is 0 Å². The number of halogens is 1. The minimum Gasteiger partial charge on any atom is -0.342 e. The first-order valence-corrected chi connectivity index (χ1v) is 9.65. The summed E-state index contributed by atoms with van der Waals surface area (Å²) in [6.07, 6.45) is 7.87. The Bertz CT molecular complexity index is 1220. The summed E-state index contributed by atoms with van der Waals surface area (Å²) in [7, 11) is 0. The predicted molar refractivity (Wildman–Crippen MR) is 114 cm³/mol. The number of aromatic nitrogens is 2. The number of benzene rings is 3. The number of nitrogens with one attached hydrogen (secondary N) is 1. The molecule has 1 heterocycles. The van der Waals surface area contributed by atoms with Crippen LogP contribution in [0.1, 0.15) is 22.7 Å². The Morgan fingerprint density at radius 2 is 1.70 bits per heavy atom. The second-order valence-electron chi connectivity index (χ2n) is 7.13. The van der Waals surface area contributed by atoms with Gasteiger partial charge in [-0.15, -0.1) is 0 Å². The third-order valence-corrected chi connectivity index (χ3v) is 5.30. The zero-order chi connectivity index (χ0) is 20.5. The Hall–Kier alpha value is -3.99. The topological polar surface area (TPSA) is 46.9 Å². The molecule has 1 aromatic heterocycles. The van der Waals surface area contributed by atoms with Crippen LogP contribution < -0.4 is 5.32 Å². The van der Waals surface area contributed by atoms with E-state index in [4.69, 9.17) is 0 Å². The molecule has 0 radical (unpaired) electrons. The van der Waals surface area contributed by atoms with E-state index in [1.807, 2.05) is 36.4 Å². The first-order valence-electron chi connectivity index (χ1n) is 9.65. The molecule has 0 fully saturated rings. The number of fused-ring (bicyclic) bond motifs is 3. The molecule has 0 unspecified atom stereocenters. The molecular weight excluding hydrogens is 377 g/mol. The van der Waals surface area contributed by atoms with Crippen molar-refractivity contribution < 1.29 is 9.18 Å². The number of hydrogen-bond donors (Lipinski definition) is 1. The number of hydrogen-bond acceptors (Lipinski definition) is 2. The molecule has 3 aromatic carbocycles. The maximum absolute atomic E-state index is 14.4. The molecule has 1 N–H and O–H groups in total. The van der Waals surface area contributed by atoms with E-state index in [0.717, 1.165) is 22.3 Å².